The van der Waals surface area contributed by atoms with Crippen molar-refractivity contribution in [1.82, 2.24) is 0 Å². The molecular formula is C17H42O4Si4. The predicted octanol–water partition coefficient (Wildman–Crippen LogP) is 5.78. The molecule has 0 heterocycles. The SMILES string of the molecule is C=C[Si](C)(OC)O[Si](C)(C)O[Si](C)(C)CCCO[Si](C)(C)C(C)(C)C. The molecule has 0 bridgehead atoms. The molecule has 1 atom stereocenters. The van der Waals surface area contributed by atoms with Crippen LogP contribution in [0.5, 0.6) is 0 Å². The van der Waals surface area contributed by atoms with Crippen molar-refractivity contribution in [1.29, 1.82) is 0 Å². The zero-order valence-electron chi connectivity index (χ0n) is 18.5. The number of rotatable bonds is 11. The second-order valence-corrected chi connectivity index (χ2v) is 25.6. The summed E-state index contributed by atoms with van der Waals surface area (Å²) < 4.78 is 24.7. The van der Waals surface area contributed by atoms with Crippen molar-refractivity contribution in [3.63, 3.8) is 0 Å². The topological polar surface area (TPSA) is 36.9 Å². The average molecular weight is 423 g/mol. The predicted molar refractivity (Wildman–Crippen MR) is 119 cm³/mol. The summed E-state index contributed by atoms with van der Waals surface area (Å²) in [5, 5.41) is 0.263. The first kappa shape index (κ1) is 25.4. The second-order valence-electron chi connectivity index (χ2n) is 9.50. The lowest BCUT2D eigenvalue weighted by molar-refractivity contribution is 0.277. The van der Waals surface area contributed by atoms with Gasteiger partial charge in [0.05, 0.1) is 0 Å². The average Bonchev–Trinajstić information content (AvgIpc) is 2.40. The lowest BCUT2D eigenvalue weighted by Gasteiger charge is -2.38. The van der Waals surface area contributed by atoms with Crippen LogP contribution in [0.3, 0.4) is 0 Å². The van der Waals surface area contributed by atoms with Gasteiger partial charge in [-0.2, -0.15) is 0 Å². The molecule has 0 saturated carbocycles. The van der Waals surface area contributed by atoms with Crippen LogP contribution in [0.15, 0.2) is 12.3 Å². The van der Waals surface area contributed by atoms with Gasteiger partial charge in [0.1, 0.15) is 0 Å². The number of hydrogen-bond acceptors (Lipinski definition) is 4. The van der Waals surface area contributed by atoms with Gasteiger partial charge < -0.3 is 17.1 Å². The van der Waals surface area contributed by atoms with Crippen molar-refractivity contribution >= 4 is 33.8 Å². The van der Waals surface area contributed by atoms with E-state index in [1.165, 1.54) is 0 Å². The Labute approximate surface area is 161 Å². The third kappa shape index (κ3) is 9.27. The van der Waals surface area contributed by atoms with E-state index in [1.807, 2.05) is 12.2 Å². The van der Waals surface area contributed by atoms with E-state index in [1.54, 1.807) is 7.11 Å². The maximum Gasteiger partial charge on any atom is 0.352 e. The molecule has 0 aromatic carbocycles. The number of hydrogen-bond donors (Lipinski definition) is 0. The molecule has 0 aliphatic heterocycles. The molecule has 0 amide bonds. The van der Waals surface area contributed by atoms with E-state index in [0.29, 0.717) is 0 Å². The van der Waals surface area contributed by atoms with Crippen LogP contribution in [0.1, 0.15) is 27.2 Å². The fraction of sp³-hybridized carbons (Fsp3) is 0.882. The molecule has 0 aromatic heterocycles. The Morgan fingerprint density at radius 2 is 1.44 bits per heavy atom. The molecule has 25 heavy (non-hydrogen) atoms. The Balaban J connectivity index is 4.57. The fourth-order valence-electron chi connectivity index (χ4n) is 2.43. The van der Waals surface area contributed by atoms with Crippen molar-refractivity contribution in [2.24, 2.45) is 0 Å². The van der Waals surface area contributed by atoms with E-state index < -0.39 is 33.8 Å². The van der Waals surface area contributed by atoms with Gasteiger partial charge in [-0.15, -0.1) is 6.58 Å². The third-order valence-corrected chi connectivity index (χ3v) is 20.4. The first-order valence-corrected chi connectivity index (χ1v) is 20.5. The molecule has 0 N–H and O–H groups in total. The smallest absolute Gasteiger partial charge is 0.352 e. The maximum absolute atomic E-state index is 6.54. The quantitative estimate of drug-likeness (QED) is 0.312. The summed E-state index contributed by atoms with van der Waals surface area (Å²) in [6.45, 7) is 26.9. The highest BCUT2D eigenvalue weighted by atomic mass is 28.5. The maximum atomic E-state index is 6.54. The van der Waals surface area contributed by atoms with Gasteiger partial charge in [0.15, 0.2) is 16.6 Å². The highest BCUT2D eigenvalue weighted by Gasteiger charge is 2.41. The Morgan fingerprint density at radius 1 is 0.920 bits per heavy atom. The van der Waals surface area contributed by atoms with Gasteiger partial charge in [-0.1, -0.05) is 26.5 Å². The monoisotopic (exact) mass is 422 g/mol. The molecule has 8 heteroatoms. The summed E-state index contributed by atoms with van der Waals surface area (Å²) in [4.78, 5) is 0. The standard InChI is InChI=1S/C17H42O4Si4/c1-13-25(12,18-5)21-24(10,11)20-22(6,7)16-14-15-19-23(8,9)17(2,3)4/h13H,1,14-16H2,2-12H3. The molecule has 0 aromatic rings. The van der Waals surface area contributed by atoms with Gasteiger partial charge in [-0.25, -0.2) is 0 Å². The Hall–Kier alpha value is 0.448. The van der Waals surface area contributed by atoms with Gasteiger partial charge in [0, 0.05) is 13.7 Å². The van der Waals surface area contributed by atoms with Gasteiger partial charge in [-0.05, 0) is 63.3 Å². The molecule has 0 aliphatic carbocycles. The van der Waals surface area contributed by atoms with Crippen LogP contribution in [0.25, 0.3) is 0 Å². The fourth-order valence-corrected chi connectivity index (χ4v) is 15.5. The molecule has 1 unspecified atom stereocenters. The van der Waals surface area contributed by atoms with Crippen molar-refractivity contribution in [2.75, 3.05) is 13.7 Å². The van der Waals surface area contributed by atoms with Crippen LogP contribution >= 0.6 is 0 Å². The Bertz CT molecular complexity index is 433. The van der Waals surface area contributed by atoms with Gasteiger partial charge >= 0.3 is 17.1 Å². The molecule has 0 radical (unpaired) electrons. The van der Waals surface area contributed by atoms with Crippen LogP contribution < -0.4 is 0 Å². The molecule has 150 valence electrons. The van der Waals surface area contributed by atoms with Crippen LogP contribution in [0.2, 0.25) is 56.9 Å². The molecular weight excluding hydrogens is 381 g/mol. The molecule has 4 nitrogen and oxygen atoms in total. The lowest BCUT2D eigenvalue weighted by Crippen LogP contribution is -2.53. The summed E-state index contributed by atoms with van der Waals surface area (Å²) in [5.74, 6) is 0. The van der Waals surface area contributed by atoms with E-state index in [2.05, 4.69) is 66.6 Å². The summed E-state index contributed by atoms with van der Waals surface area (Å²) in [5.41, 5.74) is 1.83. The van der Waals surface area contributed by atoms with E-state index in [9.17, 15) is 0 Å². The first-order chi connectivity index (χ1) is 11.0. The zero-order chi connectivity index (χ0) is 20.2. The van der Waals surface area contributed by atoms with E-state index >= 15 is 0 Å². The van der Waals surface area contributed by atoms with Gasteiger partial charge in [-0.3, -0.25) is 0 Å². The Kier molecular flexibility index (Phi) is 9.26. The highest BCUT2D eigenvalue weighted by Crippen LogP contribution is 2.36. The van der Waals surface area contributed by atoms with Gasteiger partial charge in [0.2, 0.25) is 0 Å². The second kappa shape index (κ2) is 9.09. The normalized spacial score (nSPS) is 16.6. The van der Waals surface area contributed by atoms with Crippen molar-refractivity contribution in [3.8, 4) is 0 Å². The van der Waals surface area contributed by atoms with Crippen molar-refractivity contribution < 1.29 is 17.1 Å². The Morgan fingerprint density at radius 3 is 1.84 bits per heavy atom. The summed E-state index contributed by atoms with van der Waals surface area (Å²) in [6, 6.07) is 1.08. The van der Waals surface area contributed by atoms with Crippen LogP contribution in [-0.2, 0) is 17.1 Å². The largest absolute Gasteiger partial charge is 0.436 e. The molecule has 0 fully saturated rings. The minimum absolute atomic E-state index is 0.263. The van der Waals surface area contributed by atoms with Crippen LogP contribution in [0.4, 0.5) is 0 Å². The summed E-state index contributed by atoms with van der Waals surface area (Å²) in [6.07, 6.45) is 1.05. The molecule has 0 saturated heterocycles. The van der Waals surface area contributed by atoms with Crippen LogP contribution in [0, 0.1) is 0 Å². The van der Waals surface area contributed by atoms with Crippen molar-refractivity contribution in [2.45, 2.75) is 84.1 Å². The van der Waals surface area contributed by atoms with E-state index in [4.69, 9.17) is 17.1 Å². The molecule has 0 rings (SSSR count). The zero-order valence-corrected chi connectivity index (χ0v) is 22.5. The highest BCUT2D eigenvalue weighted by molar-refractivity contribution is 6.87. The van der Waals surface area contributed by atoms with Crippen LogP contribution in [-0.4, -0.2) is 47.5 Å². The van der Waals surface area contributed by atoms with E-state index in [0.717, 1.165) is 19.1 Å². The minimum atomic E-state index is -2.31. The summed E-state index contributed by atoms with van der Waals surface area (Å²) >= 11 is 0. The van der Waals surface area contributed by atoms with Crippen molar-refractivity contribution in [3.05, 3.63) is 12.3 Å². The summed E-state index contributed by atoms with van der Waals surface area (Å²) in [7, 11) is -6.32. The molecule has 0 spiro atoms. The lowest BCUT2D eigenvalue weighted by atomic mass is 10.2. The third-order valence-electron chi connectivity index (χ3n) is 4.94. The minimum Gasteiger partial charge on any atom is -0.436 e. The molecule has 0 aliphatic rings. The van der Waals surface area contributed by atoms with E-state index in [-0.39, 0.29) is 5.04 Å². The van der Waals surface area contributed by atoms with Gasteiger partial charge in [0.25, 0.3) is 0 Å². The first-order valence-electron chi connectivity index (χ1n) is 9.22.